The summed E-state index contributed by atoms with van der Waals surface area (Å²) in [6, 6.07) is 14.9. The number of fused-ring (bicyclic) bond motifs is 3. The lowest BCUT2D eigenvalue weighted by Gasteiger charge is -2.34. The fourth-order valence-corrected chi connectivity index (χ4v) is 4.62. The Morgan fingerprint density at radius 2 is 1.94 bits per heavy atom. The van der Waals surface area contributed by atoms with Crippen LogP contribution in [-0.4, -0.2) is 28.4 Å². The molecule has 5 rings (SSSR count). The number of halogens is 1. The highest BCUT2D eigenvalue weighted by molar-refractivity contribution is 5.94. The van der Waals surface area contributed by atoms with Gasteiger partial charge in [0.25, 0.3) is 5.91 Å². The summed E-state index contributed by atoms with van der Waals surface area (Å²) in [6.07, 6.45) is 1.56. The Morgan fingerprint density at radius 3 is 2.74 bits per heavy atom. The summed E-state index contributed by atoms with van der Waals surface area (Å²) in [5.41, 5.74) is 7.57. The summed E-state index contributed by atoms with van der Waals surface area (Å²) in [4.78, 5) is 19.9. The number of aryl methyl sites for hydroxylation is 1. The first kappa shape index (κ1) is 19.9. The Labute approximate surface area is 181 Å². The lowest BCUT2D eigenvalue weighted by molar-refractivity contribution is 0.0394. The van der Waals surface area contributed by atoms with Crippen LogP contribution in [0.3, 0.4) is 0 Å². The summed E-state index contributed by atoms with van der Waals surface area (Å²) >= 11 is 0. The van der Waals surface area contributed by atoms with Crippen LogP contribution in [0.25, 0.3) is 11.3 Å². The zero-order chi connectivity index (χ0) is 21.5. The van der Waals surface area contributed by atoms with Crippen LogP contribution >= 0.6 is 0 Å². The average molecular weight is 416 g/mol. The van der Waals surface area contributed by atoms with Crippen molar-refractivity contribution in [3.63, 3.8) is 0 Å². The second-order valence-electron chi connectivity index (χ2n) is 8.49. The molecule has 2 aromatic carbocycles. The number of hydrogen-bond donors (Lipinski definition) is 0. The van der Waals surface area contributed by atoms with Crippen molar-refractivity contribution < 1.29 is 13.9 Å². The molecule has 0 aliphatic carbocycles. The van der Waals surface area contributed by atoms with Crippen LogP contribution in [0.4, 0.5) is 4.39 Å². The lowest BCUT2D eigenvalue weighted by atomic mass is 9.88. The largest absolute Gasteiger partial charge is 0.373 e. The second kappa shape index (κ2) is 7.89. The van der Waals surface area contributed by atoms with Gasteiger partial charge in [-0.15, -0.1) is 0 Å². The van der Waals surface area contributed by atoms with E-state index < -0.39 is 5.82 Å². The van der Waals surface area contributed by atoms with E-state index in [1.807, 2.05) is 25.1 Å². The van der Waals surface area contributed by atoms with Gasteiger partial charge in [-0.25, -0.2) is 4.39 Å². The van der Waals surface area contributed by atoms with Crippen molar-refractivity contribution in [2.24, 2.45) is 0 Å². The number of carbonyl (C=O) groups excluding carboxylic acids is 1. The van der Waals surface area contributed by atoms with Crippen LogP contribution in [0, 0.1) is 12.7 Å². The van der Waals surface area contributed by atoms with E-state index in [0.29, 0.717) is 26.1 Å². The van der Waals surface area contributed by atoms with Gasteiger partial charge in [0.1, 0.15) is 5.82 Å². The van der Waals surface area contributed by atoms with E-state index in [1.54, 1.807) is 17.0 Å². The van der Waals surface area contributed by atoms with Crippen molar-refractivity contribution >= 4 is 5.91 Å². The molecule has 158 valence electrons. The van der Waals surface area contributed by atoms with Crippen molar-refractivity contribution in [2.45, 2.75) is 45.9 Å². The van der Waals surface area contributed by atoms with E-state index in [0.717, 1.165) is 40.1 Å². The highest BCUT2D eigenvalue weighted by Gasteiger charge is 2.31. The van der Waals surface area contributed by atoms with Gasteiger partial charge in [0.05, 0.1) is 24.0 Å². The summed E-state index contributed by atoms with van der Waals surface area (Å²) in [6.45, 7) is 5.42. The lowest BCUT2D eigenvalue weighted by Crippen LogP contribution is -2.38. The number of amides is 1. The number of pyridine rings is 1. The smallest absolute Gasteiger partial charge is 0.257 e. The predicted molar refractivity (Wildman–Crippen MR) is 117 cm³/mol. The number of carbonyl (C=O) groups is 1. The Balaban J connectivity index is 1.55. The molecule has 0 saturated heterocycles. The molecule has 1 atom stereocenters. The first-order chi connectivity index (χ1) is 15.0. The van der Waals surface area contributed by atoms with Crippen LogP contribution in [0.5, 0.6) is 0 Å². The SMILES string of the molecule is Cc1ccc(F)c(C(=O)N2CCc3nc(-c4ccccc4)c4c(c3C2)CO[C@@H](C)C4)c1. The number of aromatic nitrogens is 1. The van der Waals surface area contributed by atoms with Gasteiger partial charge in [-0.1, -0.05) is 42.0 Å². The molecule has 1 aromatic heterocycles. The molecule has 0 fully saturated rings. The first-order valence-electron chi connectivity index (χ1n) is 10.8. The number of nitrogens with zero attached hydrogens (tertiary/aromatic N) is 2. The summed E-state index contributed by atoms with van der Waals surface area (Å²) in [5.74, 6) is -0.740. The fourth-order valence-electron chi connectivity index (χ4n) is 4.62. The second-order valence-corrected chi connectivity index (χ2v) is 8.49. The summed E-state index contributed by atoms with van der Waals surface area (Å²) in [5, 5.41) is 0. The highest BCUT2D eigenvalue weighted by atomic mass is 19.1. The monoisotopic (exact) mass is 416 g/mol. The zero-order valence-electron chi connectivity index (χ0n) is 17.8. The fraction of sp³-hybridized carbons (Fsp3) is 0.308. The van der Waals surface area contributed by atoms with Crippen LogP contribution in [0.2, 0.25) is 0 Å². The zero-order valence-corrected chi connectivity index (χ0v) is 17.8. The molecule has 3 heterocycles. The van der Waals surface area contributed by atoms with Gasteiger partial charge in [-0.05, 0) is 42.7 Å². The molecular weight excluding hydrogens is 391 g/mol. The highest BCUT2D eigenvalue weighted by Crippen LogP contribution is 2.36. The predicted octanol–water partition coefficient (Wildman–Crippen LogP) is 4.86. The third-order valence-electron chi connectivity index (χ3n) is 6.27. The number of hydrogen-bond acceptors (Lipinski definition) is 3. The van der Waals surface area contributed by atoms with Crippen molar-refractivity contribution in [1.29, 1.82) is 0 Å². The maximum Gasteiger partial charge on any atom is 0.257 e. The molecule has 5 heteroatoms. The number of ether oxygens (including phenoxy) is 1. The standard InChI is InChI=1S/C26H25FN2O2/c1-16-8-9-23(27)20(12-16)26(30)29-11-10-24-21(14-29)22-15-31-17(2)13-19(22)25(28-24)18-6-4-3-5-7-18/h3-9,12,17H,10-11,13-15H2,1-2H3/t17-/m0/s1. The van der Waals surface area contributed by atoms with Crippen molar-refractivity contribution in [1.82, 2.24) is 9.88 Å². The van der Waals surface area contributed by atoms with Crippen molar-refractivity contribution in [2.75, 3.05) is 6.54 Å². The van der Waals surface area contributed by atoms with E-state index in [9.17, 15) is 9.18 Å². The Hall–Kier alpha value is -3.05. The minimum atomic E-state index is -0.474. The van der Waals surface area contributed by atoms with E-state index in [-0.39, 0.29) is 17.6 Å². The van der Waals surface area contributed by atoms with Gasteiger partial charge >= 0.3 is 0 Å². The molecule has 2 aliphatic heterocycles. The third-order valence-corrected chi connectivity index (χ3v) is 6.27. The van der Waals surface area contributed by atoms with Gasteiger partial charge in [0, 0.05) is 37.2 Å². The molecule has 0 unspecified atom stereocenters. The quantitative estimate of drug-likeness (QED) is 0.599. The molecule has 0 spiro atoms. The van der Waals surface area contributed by atoms with E-state index >= 15 is 0 Å². The molecule has 31 heavy (non-hydrogen) atoms. The molecular formula is C26H25FN2O2. The van der Waals surface area contributed by atoms with Crippen molar-refractivity contribution in [3.05, 3.63) is 87.9 Å². The first-order valence-corrected chi connectivity index (χ1v) is 10.8. The topological polar surface area (TPSA) is 42.4 Å². The van der Waals surface area contributed by atoms with Crippen LogP contribution in [-0.2, 0) is 30.7 Å². The molecule has 2 aliphatic rings. The molecule has 1 amide bonds. The maximum atomic E-state index is 14.3. The van der Waals surface area contributed by atoms with Gasteiger partial charge in [-0.3, -0.25) is 9.78 Å². The maximum absolute atomic E-state index is 14.3. The molecule has 4 nitrogen and oxygen atoms in total. The molecule has 0 saturated carbocycles. The van der Waals surface area contributed by atoms with E-state index in [4.69, 9.17) is 9.72 Å². The van der Waals surface area contributed by atoms with Crippen LogP contribution in [0.1, 0.15) is 45.2 Å². The third kappa shape index (κ3) is 3.63. The van der Waals surface area contributed by atoms with Crippen LogP contribution < -0.4 is 0 Å². The number of rotatable bonds is 2. The van der Waals surface area contributed by atoms with Gasteiger partial charge in [0.2, 0.25) is 0 Å². The van der Waals surface area contributed by atoms with E-state index in [1.165, 1.54) is 11.6 Å². The summed E-state index contributed by atoms with van der Waals surface area (Å²) < 4.78 is 20.3. The Kier molecular flexibility index (Phi) is 5.06. The Bertz CT molecular complexity index is 1160. The number of benzene rings is 2. The minimum Gasteiger partial charge on any atom is -0.373 e. The van der Waals surface area contributed by atoms with Gasteiger partial charge in [-0.2, -0.15) is 0 Å². The molecule has 0 N–H and O–H groups in total. The molecule has 0 bridgehead atoms. The van der Waals surface area contributed by atoms with Crippen LogP contribution in [0.15, 0.2) is 48.5 Å². The summed E-state index contributed by atoms with van der Waals surface area (Å²) in [7, 11) is 0. The normalized spacial score (nSPS) is 17.8. The Morgan fingerprint density at radius 1 is 1.13 bits per heavy atom. The average Bonchev–Trinajstić information content (AvgIpc) is 2.79. The van der Waals surface area contributed by atoms with Gasteiger partial charge in [0.15, 0.2) is 0 Å². The molecule has 0 radical (unpaired) electrons. The van der Waals surface area contributed by atoms with Gasteiger partial charge < -0.3 is 9.64 Å². The van der Waals surface area contributed by atoms with Crippen molar-refractivity contribution in [3.8, 4) is 11.3 Å². The molecule has 3 aromatic rings. The minimum absolute atomic E-state index is 0.123. The van der Waals surface area contributed by atoms with E-state index in [2.05, 4.69) is 19.1 Å².